The normalized spacial score (nSPS) is 17.7. The highest BCUT2D eigenvalue weighted by Crippen LogP contribution is 2.38. The lowest BCUT2D eigenvalue weighted by Crippen LogP contribution is -2.58. The number of nitrogens with one attached hydrogen (secondary N) is 3. The standard InChI is InChI=1S/C83H138F3N9O27/c1-67(2)93(3)70-8-10-76(95-15-11-74(82(95)99)92-80-71-62-69(83(84,85)86)7-9-73(71)89-66-90-80)75(63-70)91-77(96)12-16-100-18-20-102-22-24-104-26-28-106-30-32-108-34-36-110-38-40-112-42-44-114-46-48-116-50-52-118-54-56-120-58-60-122-61-59-121-57-55-119-53-51-117-49-47-115-45-43-113-41-39-111-37-35-109-33-31-107-29-27-105-25-23-103-21-19-101-17-14-88-81(98)72-64-78(97)94(4)79(72)68-6-5-13-87-65-68/h5-7,9,13,62,65-67,70,72,74-76,79H,8,10-12,14-61,63-64H2,1-4H3,(H,88,98)(H,91,96)(H,89,90,92)/t70-,72-,74+,75-,76+,79+/m1/s1. The van der Waals surface area contributed by atoms with Gasteiger partial charge in [0.15, 0.2) is 0 Å². The summed E-state index contributed by atoms with van der Waals surface area (Å²) >= 11 is 0. The van der Waals surface area contributed by atoms with E-state index in [-0.39, 0.29) is 84.5 Å². The van der Waals surface area contributed by atoms with Crippen LogP contribution < -0.4 is 16.0 Å². The molecule has 3 fully saturated rings. The summed E-state index contributed by atoms with van der Waals surface area (Å²) in [4.78, 5) is 70.6. The van der Waals surface area contributed by atoms with Crippen LogP contribution >= 0.6 is 0 Å². The van der Waals surface area contributed by atoms with Crippen molar-refractivity contribution < 1.29 is 141 Å². The summed E-state index contributed by atoms with van der Waals surface area (Å²) in [5, 5.41) is 9.38. The number of amides is 4. The number of rotatable bonds is 80. The molecule has 1 saturated carbocycles. The van der Waals surface area contributed by atoms with Gasteiger partial charge in [-0.3, -0.25) is 24.2 Å². The fraction of sp³-hybridized carbons (Fsp3) is 0.795. The van der Waals surface area contributed by atoms with Crippen molar-refractivity contribution in [1.29, 1.82) is 0 Å². The zero-order valence-electron chi connectivity index (χ0n) is 72.2. The van der Waals surface area contributed by atoms with E-state index in [1.807, 2.05) is 6.07 Å². The van der Waals surface area contributed by atoms with Gasteiger partial charge >= 0.3 is 6.18 Å². The molecule has 0 spiro atoms. The molecule has 698 valence electrons. The van der Waals surface area contributed by atoms with Crippen molar-refractivity contribution in [2.24, 2.45) is 5.92 Å². The van der Waals surface area contributed by atoms with Crippen molar-refractivity contribution in [2.45, 2.75) is 94.8 Å². The summed E-state index contributed by atoms with van der Waals surface area (Å²) in [5.74, 6) is -0.921. The van der Waals surface area contributed by atoms with Crippen LogP contribution in [0.3, 0.4) is 0 Å². The van der Waals surface area contributed by atoms with Crippen molar-refractivity contribution in [3.8, 4) is 0 Å². The molecule has 39 heteroatoms. The number of nitrogens with zero attached hydrogens (tertiary/aromatic N) is 6. The van der Waals surface area contributed by atoms with Gasteiger partial charge in [-0.15, -0.1) is 0 Å². The minimum atomic E-state index is -4.55. The molecule has 3 N–H and O–H groups in total. The van der Waals surface area contributed by atoms with E-state index >= 15 is 0 Å². The van der Waals surface area contributed by atoms with E-state index in [0.29, 0.717) is 335 Å². The van der Waals surface area contributed by atoms with Crippen molar-refractivity contribution in [1.82, 2.24) is 40.3 Å². The predicted octanol–water partition coefficient (Wildman–Crippen LogP) is 3.91. The largest absolute Gasteiger partial charge is 0.416 e. The molecule has 0 unspecified atom stereocenters. The van der Waals surface area contributed by atoms with Crippen LogP contribution in [0, 0.1) is 5.92 Å². The maximum Gasteiger partial charge on any atom is 0.416 e. The quantitative estimate of drug-likeness (QED) is 0.0674. The fourth-order valence-corrected chi connectivity index (χ4v) is 13.0. The van der Waals surface area contributed by atoms with Crippen molar-refractivity contribution in [2.75, 3.05) is 336 Å². The number of likely N-dealkylation sites (tertiary alicyclic amines) is 2. The minimum Gasteiger partial charge on any atom is -0.379 e. The van der Waals surface area contributed by atoms with Crippen LogP contribution in [0.5, 0.6) is 0 Å². The zero-order valence-corrected chi connectivity index (χ0v) is 72.2. The number of anilines is 1. The van der Waals surface area contributed by atoms with E-state index < -0.39 is 23.7 Å². The topological polar surface area (TPSA) is 365 Å². The Bertz CT molecular complexity index is 3130. The Kier molecular flexibility index (Phi) is 58.9. The van der Waals surface area contributed by atoms with E-state index in [0.717, 1.165) is 24.1 Å². The van der Waals surface area contributed by atoms with Gasteiger partial charge in [0.05, 0.1) is 339 Å². The van der Waals surface area contributed by atoms with Crippen molar-refractivity contribution >= 4 is 40.3 Å². The van der Waals surface area contributed by atoms with Gasteiger partial charge in [0.25, 0.3) is 0 Å². The third kappa shape index (κ3) is 47.1. The third-order valence-corrected chi connectivity index (χ3v) is 19.6. The highest BCUT2D eigenvalue weighted by Gasteiger charge is 2.45. The highest BCUT2D eigenvalue weighted by atomic mass is 19.4. The molecule has 3 aromatic rings. The van der Waals surface area contributed by atoms with Crippen LogP contribution in [0.2, 0.25) is 0 Å². The Morgan fingerprint density at radius 2 is 0.877 bits per heavy atom. The molecule has 36 nitrogen and oxygen atoms in total. The van der Waals surface area contributed by atoms with E-state index in [9.17, 15) is 32.3 Å². The summed E-state index contributed by atoms with van der Waals surface area (Å²) in [6.07, 6.45) is 2.97. The number of benzene rings is 1. The molecule has 6 rings (SSSR count). The van der Waals surface area contributed by atoms with Gasteiger partial charge in [-0.25, -0.2) is 9.97 Å². The molecule has 4 amide bonds. The van der Waals surface area contributed by atoms with E-state index in [2.05, 4.69) is 56.7 Å². The lowest BCUT2D eigenvalue weighted by Gasteiger charge is -2.44. The van der Waals surface area contributed by atoms with Gasteiger partial charge in [-0.2, -0.15) is 13.2 Å². The second kappa shape index (κ2) is 68.4. The summed E-state index contributed by atoms with van der Waals surface area (Å²) in [7, 11) is 3.78. The average molecular weight is 1750 g/mol. The number of halogens is 3. The minimum absolute atomic E-state index is 0.0663. The van der Waals surface area contributed by atoms with Gasteiger partial charge in [0.2, 0.25) is 23.6 Å². The first-order valence-electron chi connectivity index (χ1n) is 42.8. The van der Waals surface area contributed by atoms with Gasteiger partial charge in [0.1, 0.15) is 18.2 Å². The Balaban J connectivity index is 0.555. The summed E-state index contributed by atoms with van der Waals surface area (Å²) in [6.45, 7) is 24.9. The van der Waals surface area contributed by atoms with Crippen LogP contribution in [0.1, 0.15) is 69.5 Å². The van der Waals surface area contributed by atoms with E-state index in [4.69, 9.17) is 109 Å². The molecular weight excluding hydrogens is 1610 g/mol. The lowest BCUT2D eigenvalue weighted by molar-refractivity contribution is -0.137. The number of alkyl halides is 3. The number of aromatic nitrogens is 3. The number of pyridine rings is 1. The first-order valence-corrected chi connectivity index (χ1v) is 42.8. The number of carbonyl (C=O) groups is 4. The predicted molar refractivity (Wildman–Crippen MR) is 439 cm³/mol. The third-order valence-electron chi connectivity index (χ3n) is 19.6. The second-order valence-electron chi connectivity index (χ2n) is 28.6. The molecule has 122 heavy (non-hydrogen) atoms. The first-order chi connectivity index (χ1) is 59.7. The molecule has 2 aromatic heterocycles. The SMILES string of the molecule is CC(C)N(C)[C@@H]1CC[C@H](N2CC[C@H](Nc3ncnc4ccc(C(F)(F)F)cc34)C2=O)[C@H](NC(=O)CCOCCOCCOCCOCCOCCOCCOCCOCCOCCOCCOCCOCCOCCOCCOCCOCCOCCOCCOCCOCCOCCOCCOCCNC(=O)[C@@H]2CC(=O)N(C)[C@H]2c2cccnc2)C1. The number of fused-ring (bicyclic) bond motifs is 1. The van der Waals surface area contributed by atoms with E-state index in [1.54, 1.807) is 35.3 Å². The molecule has 0 radical (unpaired) electrons. The van der Waals surface area contributed by atoms with Crippen LogP contribution in [0.25, 0.3) is 10.9 Å². The molecular formula is C83H138F3N9O27. The average Bonchev–Trinajstić information content (AvgIpc) is 1.11. The van der Waals surface area contributed by atoms with Crippen molar-refractivity contribution in [3.05, 3.63) is 60.2 Å². The monoisotopic (exact) mass is 1750 g/mol. The van der Waals surface area contributed by atoms with Crippen molar-refractivity contribution in [3.63, 3.8) is 0 Å². The number of ether oxygens (including phenoxy) is 23. The molecule has 0 bridgehead atoms. The summed E-state index contributed by atoms with van der Waals surface area (Å²) in [6, 6.07) is 5.84. The molecule has 3 aliphatic rings. The van der Waals surface area contributed by atoms with Crippen LogP contribution in [-0.4, -0.2) is 415 Å². The summed E-state index contributed by atoms with van der Waals surface area (Å²) in [5.41, 5.74) is 0.341. The Hall–Kier alpha value is -5.78. The van der Waals surface area contributed by atoms with Crippen LogP contribution in [0.15, 0.2) is 49.1 Å². The zero-order chi connectivity index (χ0) is 86.8. The van der Waals surface area contributed by atoms with Gasteiger partial charge < -0.3 is 140 Å². The number of carbonyl (C=O) groups excluding carboxylic acids is 4. The van der Waals surface area contributed by atoms with E-state index in [1.165, 1.54) is 12.4 Å². The number of hydrogen-bond acceptors (Lipinski definition) is 32. The number of hydrogen-bond donors (Lipinski definition) is 3. The molecule has 4 heterocycles. The van der Waals surface area contributed by atoms with Gasteiger partial charge in [0, 0.05) is 62.8 Å². The first kappa shape index (κ1) is 105. The smallest absolute Gasteiger partial charge is 0.379 e. The maximum atomic E-state index is 14.0. The molecule has 2 saturated heterocycles. The van der Waals surface area contributed by atoms with Gasteiger partial charge in [-0.1, -0.05) is 6.07 Å². The van der Waals surface area contributed by atoms with Crippen LogP contribution in [-0.2, 0) is 134 Å². The Morgan fingerprint density at radius 1 is 0.500 bits per heavy atom. The maximum absolute atomic E-state index is 14.0. The lowest BCUT2D eigenvalue weighted by atomic mass is 9.84. The molecule has 2 aliphatic heterocycles. The molecule has 6 atom stereocenters. The van der Waals surface area contributed by atoms with Crippen LogP contribution in [0.4, 0.5) is 19.0 Å². The highest BCUT2D eigenvalue weighted by molar-refractivity contribution is 5.93. The Morgan fingerprint density at radius 3 is 1.24 bits per heavy atom. The Labute approximate surface area is 716 Å². The molecule has 1 aliphatic carbocycles. The second-order valence-corrected chi connectivity index (χ2v) is 28.6. The fourth-order valence-electron chi connectivity index (χ4n) is 13.0. The molecule has 1 aromatic carbocycles. The van der Waals surface area contributed by atoms with Gasteiger partial charge in [-0.05, 0) is 76.4 Å². The summed E-state index contributed by atoms with van der Waals surface area (Å²) < 4.78 is 169.